The highest BCUT2D eigenvalue weighted by Crippen LogP contribution is 2.68. The summed E-state index contributed by atoms with van der Waals surface area (Å²) in [6.45, 7) is 3.76. The molecule has 0 aromatic heterocycles. The number of hydrogen-bond acceptors (Lipinski definition) is 4. The average molecular weight is 372 g/mol. The van der Waals surface area contributed by atoms with Crippen LogP contribution in [0.4, 0.5) is 0 Å². The Morgan fingerprint density at radius 1 is 0.654 bits per heavy atom. The van der Waals surface area contributed by atoms with Crippen LogP contribution in [0.3, 0.4) is 0 Å². The molecule has 0 spiro atoms. The summed E-state index contributed by atoms with van der Waals surface area (Å²) in [5.41, 5.74) is -4.20. The molecule has 4 N–H and O–H groups in total. The van der Waals surface area contributed by atoms with E-state index in [1.165, 1.54) is 0 Å². The summed E-state index contributed by atoms with van der Waals surface area (Å²) in [4.78, 5) is 48.0. The molecule has 0 aromatic carbocycles. The van der Waals surface area contributed by atoms with Crippen LogP contribution in [0.2, 0.25) is 0 Å². The van der Waals surface area contributed by atoms with Gasteiger partial charge in [0.2, 0.25) is 0 Å². The molecular formula is C18H28O8. The normalized spacial score (nSPS) is 30.4. The van der Waals surface area contributed by atoms with Gasteiger partial charge in [-0.05, 0) is 12.8 Å². The van der Waals surface area contributed by atoms with Crippen molar-refractivity contribution >= 4 is 23.9 Å². The van der Waals surface area contributed by atoms with E-state index in [0.29, 0.717) is 25.7 Å². The lowest BCUT2D eigenvalue weighted by atomic mass is 9.36. The quantitative estimate of drug-likeness (QED) is 0.382. The van der Waals surface area contributed by atoms with Crippen molar-refractivity contribution in [3.8, 4) is 0 Å². The molecule has 0 amide bonds. The van der Waals surface area contributed by atoms with Gasteiger partial charge in [0.05, 0.1) is 22.7 Å². The Hall–Kier alpha value is -2.12. The zero-order valence-electron chi connectivity index (χ0n) is 15.2. The van der Waals surface area contributed by atoms with E-state index < -0.39 is 46.5 Å². The number of carboxylic acid groups (broad SMARTS) is 4. The summed E-state index contributed by atoms with van der Waals surface area (Å²) in [5, 5.41) is 39.0. The van der Waals surface area contributed by atoms with Crippen LogP contribution in [0.15, 0.2) is 0 Å². The second-order valence-electron chi connectivity index (χ2n) is 7.15. The van der Waals surface area contributed by atoms with Gasteiger partial charge in [0.25, 0.3) is 0 Å². The highest BCUT2D eigenvalue weighted by molar-refractivity contribution is 6.01. The van der Waals surface area contributed by atoms with E-state index in [9.17, 15) is 39.6 Å². The minimum absolute atomic E-state index is 0.160. The van der Waals surface area contributed by atoms with Gasteiger partial charge in [-0.1, -0.05) is 52.4 Å². The van der Waals surface area contributed by atoms with Gasteiger partial charge < -0.3 is 20.4 Å². The van der Waals surface area contributed by atoms with Gasteiger partial charge in [-0.25, -0.2) is 0 Å². The first-order valence-electron chi connectivity index (χ1n) is 9.06. The van der Waals surface area contributed by atoms with E-state index in [2.05, 4.69) is 0 Å². The molecule has 1 aliphatic carbocycles. The number of carbonyl (C=O) groups is 4. The fraction of sp³-hybridized carbons (Fsp3) is 0.778. The lowest BCUT2D eigenvalue weighted by molar-refractivity contribution is -0.241. The van der Waals surface area contributed by atoms with Crippen molar-refractivity contribution in [2.24, 2.45) is 22.7 Å². The van der Waals surface area contributed by atoms with Crippen molar-refractivity contribution in [3.63, 3.8) is 0 Å². The molecule has 1 aliphatic rings. The second-order valence-corrected chi connectivity index (χ2v) is 7.15. The molecule has 0 radical (unpaired) electrons. The van der Waals surface area contributed by atoms with Gasteiger partial charge in [-0.15, -0.1) is 0 Å². The van der Waals surface area contributed by atoms with Crippen molar-refractivity contribution in [2.75, 3.05) is 0 Å². The predicted octanol–water partition coefficient (Wildman–Crippen LogP) is 2.70. The lowest BCUT2D eigenvalue weighted by Gasteiger charge is -2.61. The fourth-order valence-electron chi connectivity index (χ4n) is 4.66. The molecule has 0 aromatic rings. The van der Waals surface area contributed by atoms with E-state index >= 15 is 0 Å². The maximum absolute atomic E-state index is 12.0. The van der Waals surface area contributed by atoms with Crippen LogP contribution in [-0.4, -0.2) is 44.3 Å². The Morgan fingerprint density at radius 3 is 1.15 bits per heavy atom. The maximum Gasteiger partial charge on any atom is 0.311 e. The van der Waals surface area contributed by atoms with Gasteiger partial charge in [0.15, 0.2) is 0 Å². The van der Waals surface area contributed by atoms with E-state index in [4.69, 9.17) is 0 Å². The third-order valence-corrected chi connectivity index (χ3v) is 5.74. The first-order chi connectivity index (χ1) is 12.1. The Labute approximate surface area is 152 Å². The largest absolute Gasteiger partial charge is 0.481 e. The monoisotopic (exact) mass is 372 g/mol. The molecule has 148 valence electrons. The third-order valence-electron chi connectivity index (χ3n) is 5.74. The summed E-state index contributed by atoms with van der Waals surface area (Å²) in [5.74, 6) is -9.72. The predicted molar refractivity (Wildman–Crippen MR) is 90.7 cm³/mol. The Bertz CT molecular complexity index is 510. The molecule has 0 unspecified atom stereocenters. The first kappa shape index (κ1) is 21.9. The van der Waals surface area contributed by atoms with E-state index in [1.54, 1.807) is 0 Å². The van der Waals surface area contributed by atoms with E-state index in [-0.39, 0.29) is 12.8 Å². The SMILES string of the molecule is CCCCCC1(C(=O)O)C(C(=O)O)C(CCCCC)(C(=O)O)C1C(=O)O. The van der Waals surface area contributed by atoms with Crippen LogP contribution in [0, 0.1) is 22.7 Å². The summed E-state index contributed by atoms with van der Waals surface area (Å²) >= 11 is 0. The number of hydrogen-bond donors (Lipinski definition) is 4. The minimum Gasteiger partial charge on any atom is -0.481 e. The molecule has 1 saturated carbocycles. The number of carboxylic acids is 4. The van der Waals surface area contributed by atoms with Crippen LogP contribution in [0.5, 0.6) is 0 Å². The standard InChI is InChI=1S/C18H28O8/c1-3-5-7-9-17(15(23)24)11(13(19)20)18(16(25)26,10-8-6-4-2)12(17)14(21)22/h11-12H,3-10H2,1-2H3,(H,19,20)(H,21,22)(H,23,24)(H,25,26). The molecule has 1 fully saturated rings. The zero-order valence-corrected chi connectivity index (χ0v) is 15.2. The van der Waals surface area contributed by atoms with Gasteiger partial charge >= 0.3 is 23.9 Å². The topological polar surface area (TPSA) is 149 Å². The lowest BCUT2D eigenvalue weighted by Crippen LogP contribution is -2.74. The third kappa shape index (κ3) is 3.29. The number of aliphatic carboxylic acids is 4. The average Bonchev–Trinajstić information content (AvgIpc) is 2.50. The van der Waals surface area contributed by atoms with Gasteiger partial charge in [-0.3, -0.25) is 19.2 Å². The molecule has 8 heteroatoms. The number of rotatable bonds is 12. The summed E-state index contributed by atoms with van der Waals surface area (Å²) in [7, 11) is 0. The van der Waals surface area contributed by atoms with Crippen molar-refractivity contribution in [3.05, 3.63) is 0 Å². The molecule has 8 nitrogen and oxygen atoms in total. The molecule has 0 aliphatic heterocycles. The van der Waals surface area contributed by atoms with Crippen LogP contribution in [-0.2, 0) is 19.2 Å². The van der Waals surface area contributed by atoms with E-state index in [0.717, 1.165) is 12.8 Å². The molecular weight excluding hydrogens is 344 g/mol. The van der Waals surface area contributed by atoms with E-state index in [1.807, 2.05) is 13.8 Å². The second kappa shape index (κ2) is 8.51. The molecule has 0 atom stereocenters. The fourth-order valence-corrected chi connectivity index (χ4v) is 4.66. The summed E-state index contributed by atoms with van der Waals surface area (Å²) in [6, 6.07) is 0. The van der Waals surface area contributed by atoms with Crippen LogP contribution < -0.4 is 0 Å². The van der Waals surface area contributed by atoms with Crippen molar-refractivity contribution < 1.29 is 39.6 Å². The highest BCUT2D eigenvalue weighted by atomic mass is 16.4. The molecule has 0 bridgehead atoms. The Balaban J connectivity index is 3.49. The van der Waals surface area contributed by atoms with Crippen molar-refractivity contribution in [1.82, 2.24) is 0 Å². The molecule has 26 heavy (non-hydrogen) atoms. The van der Waals surface area contributed by atoms with Crippen molar-refractivity contribution in [1.29, 1.82) is 0 Å². The molecule has 1 rings (SSSR count). The summed E-state index contributed by atoms with van der Waals surface area (Å²) in [6.07, 6.45) is 3.06. The Kier molecular flexibility index (Phi) is 7.17. The minimum atomic E-state index is -2.10. The first-order valence-corrected chi connectivity index (χ1v) is 9.06. The maximum atomic E-state index is 12.0. The highest BCUT2D eigenvalue weighted by Gasteiger charge is 2.81. The molecule has 0 saturated heterocycles. The smallest absolute Gasteiger partial charge is 0.311 e. The zero-order chi connectivity index (χ0) is 20.1. The van der Waals surface area contributed by atoms with Gasteiger partial charge in [0, 0.05) is 0 Å². The van der Waals surface area contributed by atoms with Gasteiger partial charge in [0.1, 0.15) is 0 Å². The van der Waals surface area contributed by atoms with Crippen molar-refractivity contribution in [2.45, 2.75) is 65.2 Å². The van der Waals surface area contributed by atoms with Gasteiger partial charge in [-0.2, -0.15) is 0 Å². The number of unbranched alkanes of at least 4 members (excludes halogenated alkanes) is 4. The molecule has 0 heterocycles. The van der Waals surface area contributed by atoms with Crippen LogP contribution in [0.1, 0.15) is 65.2 Å². The Morgan fingerprint density at radius 2 is 0.962 bits per heavy atom. The van der Waals surface area contributed by atoms with Crippen LogP contribution >= 0.6 is 0 Å². The summed E-state index contributed by atoms with van der Waals surface area (Å²) < 4.78 is 0. The van der Waals surface area contributed by atoms with Crippen LogP contribution in [0.25, 0.3) is 0 Å².